The molecule has 1 saturated heterocycles. The van der Waals surface area contributed by atoms with Crippen LogP contribution in [0.5, 0.6) is 11.5 Å². The van der Waals surface area contributed by atoms with E-state index >= 15 is 0 Å². The number of nitrogens with one attached hydrogen (secondary N) is 1. The second-order valence-electron chi connectivity index (χ2n) is 6.25. The summed E-state index contributed by atoms with van der Waals surface area (Å²) in [4.78, 5) is 41.9. The molecule has 1 N–H and O–H groups in total. The SMILES string of the molecule is COc1cc(/C=C2\SC(=O)N(CCNC(=O)c3ccnc(Cl)c3)C2=O)ccc1OC(F)F. The summed E-state index contributed by atoms with van der Waals surface area (Å²) in [5.74, 6) is -1.06. The molecule has 0 saturated carbocycles. The van der Waals surface area contributed by atoms with Gasteiger partial charge < -0.3 is 14.8 Å². The molecule has 1 aliphatic rings. The van der Waals surface area contributed by atoms with Crippen molar-refractivity contribution < 1.29 is 32.6 Å². The van der Waals surface area contributed by atoms with E-state index in [9.17, 15) is 23.2 Å². The van der Waals surface area contributed by atoms with Crippen LogP contribution in [0.3, 0.4) is 0 Å². The third-order valence-corrected chi connectivity index (χ3v) is 5.30. The van der Waals surface area contributed by atoms with Crippen molar-refractivity contribution in [2.75, 3.05) is 20.2 Å². The fourth-order valence-corrected chi connectivity index (χ4v) is 3.78. The number of amides is 3. The highest BCUT2D eigenvalue weighted by Crippen LogP contribution is 2.34. The Bertz CT molecular complexity index is 1080. The number of nitrogens with zero attached hydrogens (tertiary/aromatic N) is 2. The molecule has 168 valence electrons. The van der Waals surface area contributed by atoms with Crippen molar-refractivity contribution in [1.82, 2.24) is 15.2 Å². The maximum Gasteiger partial charge on any atom is 0.387 e. The number of ether oxygens (including phenoxy) is 2. The number of carbonyl (C=O) groups is 3. The van der Waals surface area contributed by atoms with Crippen LogP contribution in [0.4, 0.5) is 13.6 Å². The van der Waals surface area contributed by atoms with Crippen LogP contribution in [-0.2, 0) is 4.79 Å². The number of thioether (sulfide) groups is 1. The van der Waals surface area contributed by atoms with Crippen LogP contribution in [0.15, 0.2) is 41.4 Å². The molecule has 3 rings (SSSR count). The van der Waals surface area contributed by atoms with Crippen molar-refractivity contribution in [3.05, 3.63) is 57.7 Å². The molecule has 0 spiro atoms. The van der Waals surface area contributed by atoms with Crippen LogP contribution in [0.1, 0.15) is 15.9 Å². The molecule has 3 amide bonds. The fraction of sp³-hybridized carbons (Fsp3) is 0.200. The monoisotopic (exact) mass is 483 g/mol. The second-order valence-corrected chi connectivity index (χ2v) is 7.63. The van der Waals surface area contributed by atoms with Crippen molar-refractivity contribution in [1.29, 1.82) is 0 Å². The van der Waals surface area contributed by atoms with Gasteiger partial charge in [0.15, 0.2) is 11.5 Å². The Kier molecular flexibility index (Phi) is 7.65. The number of carbonyl (C=O) groups excluding carboxylic acids is 3. The standard InChI is InChI=1S/C20H16ClF2N3O5S/c1-30-14-8-11(2-3-13(14)31-19(22)23)9-15-18(28)26(20(29)32-15)7-6-25-17(27)12-4-5-24-16(21)10-12/h2-5,8-10,19H,6-7H2,1H3,(H,25,27)/b15-9-. The average Bonchev–Trinajstić information content (AvgIpc) is 3.01. The van der Waals surface area contributed by atoms with Gasteiger partial charge >= 0.3 is 6.61 Å². The zero-order valence-electron chi connectivity index (χ0n) is 16.5. The van der Waals surface area contributed by atoms with Crippen molar-refractivity contribution in [3.63, 3.8) is 0 Å². The minimum atomic E-state index is -3.01. The lowest BCUT2D eigenvalue weighted by Crippen LogP contribution is -2.37. The minimum absolute atomic E-state index is 0.0307. The summed E-state index contributed by atoms with van der Waals surface area (Å²) < 4.78 is 34.3. The largest absolute Gasteiger partial charge is 0.493 e. The molecular weight excluding hydrogens is 468 g/mol. The number of benzene rings is 1. The smallest absolute Gasteiger partial charge is 0.387 e. The van der Waals surface area contributed by atoms with Gasteiger partial charge in [-0.25, -0.2) is 4.98 Å². The molecule has 1 aliphatic heterocycles. The van der Waals surface area contributed by atoms with Crippen molar-refractivity contribution >= 4 is 46.5 Å². The van der Waals surface area contributed by atoms with E-state index in [1.54, 1.807) is 0 Å². The summed E-state index contributed by atoms with van der Waals surface area (Å²) in [5.41, 5.74) is 0.754. The lowest BCUT2D eigenvalue weighted by Gasteiger charge is -2.13. The van der Waals surface area contributed by atoms with Crippen LogP contribution < -0.4 is 14.8 Å². The maximum absolute atomic E-state index is 12.6. The topological polar surface area (TPSA) is 97.8 Å². The molecule has 0 bridgehead atoms. The Labute approximate surface area is 190 Å². The van der Waals surface area contributed by atoms with Crippen LogP contribution in [0.25, 0.3) is 6.08 Å². The third kappa shape index (κ3) is 5.74. The first kappa shape index (κ1) is 23.5. The number of imide groups is 1. The molecule has 1 aromatic carbocycles. The second kappa shape index (κ2) is 10.4. The molecule has 8 nitrogen and oxygen atoms in total. The average molecular weight is 484 g/mol. The van der Waals surface area contributed by atoms with Crippen LogP contribution in [0.2, 0.25) is 5.15 Å². The first-order valence-corrected chi connectivity index (χ1v) is 10.3. The predicted octanol–water partition coefficient (Wildman–Crippen LogP) is 3.81. The summed E-state index contributed by atoms with van der Waals surface area (Å²) in [5, 5.41) is 2.28. The number of aromatic nitrogens is 1. The molecule has 0 unspecified atom stereocenters. The van der Waals surface area contributed by atoms with Gasteiger partial charge in [-0.05, 0) is 47.7 Å². The van der Waals surface area contributed by atoms with Crippen LogP contribution in [0, 0.1) is 0 Å². The van der Waals surface area contributed by atoms with Gasteiger partial charge in [-0.1, -0.05) is 17.7 Å². The van der Waals surface area contributed by atoms with Gasteiger partial charge in [-0.3, -0.25) is 19.3 Å². The molecule has 2 aromatic rings. The maximum atomic E-state index is 12.6. The molecule has 32 heavy (non-hydrogen) atoms. The molecule has 0 radical (unpaired) electrons. The molecule has 2 heterocycles. The van der Waals surface area contributed by atoms with E-state index in [4.69, 9.17) is 16.3 Å². The van der Waals surface area contributed by atoms with Gasteiger partial charge in [0.25, 0.3) is 17.1 Å². The van der Waals surface area contributed by atoms with E-state index in [2.05, 4.69) is 15.0 Å². The van der Waals surface area contributed by atoms with E-state index < -0.39 is 23.7 Å². The first-order chi connectivity index (χ1) is 15.3. The Morgan fingerprint density at radius 1 is 1.28 bits per heavy atom. The number of pyridine rings is 1. The van der Waals surface area contributed by atoms with Crippen molar-refractivity contribution in [3.8, 4) is 11.5 Å². The molecule has 1 aromatic heterocycles. The minimum Gasteiger partial charge on any atom is -0.493 e. The predicted molar refractivity (Wildman–Crippen MR) is 114 cm³/mol. The summed E-state index contributed by atoms with van der Waals surface area (Å²) in [6.45, 7) is -3.00. The van der Waals surface area contributed by atoms with E-state index in [0.717, 1.165) is 16.7 Å². The van der Waals surface area contributed by atoms with Gasteiger partial charge in [-0.15, -0.1) is 0 Å². The molecule has 0 atom stereocenters. The summed E-state index contributed by atoms with van der Waals surface area (Å²) >= 11 is 6.48. The van der Waals surface area contributed by atoms with Crippen molar-refractivity contribution in [2.24, 2.45) is 0 Å². The van der Waals surface area contributed by atoms with E-state index in [1.165, 1.54) is 49.7 Å². The van der Waals surface area contributed by atoms with Gasteiger partial charge in [0, 0.05) is 24.8 Å². The van der Waals surface area contributed by atoms with E-state index in [0.29, 0.717) is 11.1 Å². The first-order valence-electron chi connectivity index (χ1n) is 9.06. The Balaban J connectivity index is 1.64. The fourth-order valence-electron chi connectivity index (χ4n) is 2.74. The molecule has 12 heteroatoms. The normalized spacial score (nSPS) is 14.9. The number of hydrogen-bond donors (Lipinski definition) is 1. The highest BCUT2D eigenvalue weighted by molar-refractivity contribution is 8.18. The highest BCUT2D eigenvalue weighted by Gasteiger charge is 2.34. The van der Waals surface area contributed by atoms with E-state index in [1.807, 2.05) is 0 Å². The summed E-state index contributed by atoms with van der Waals surface area (Å²) in [6, 6.07) is 7.02. The summed E-state index contributed by atoms with van der Waals surface area (Å²) in [6.07, 6.45) is 2.83. The van der Waals surface area contributed by atoms with Gasteiger partial charge in [-0.2, -0.15) is 8.78 Å². The zero-order chi connectivity index (χ0) is 23.3. The van der Waals surface area contributed by atoms with Gasteiger partial charge in [0.2, 0.25) is 0 Å². The Morgan fingerprint density at radius 3 is 2.75 bits per heavy atom. The molecular formula is C20H16ClF2N3O5S. The van der Waals surface area contributed by atoms with Gasteiger partial charge in [0.1, 0.15) is 5.15 Å². The third-order valence-electron chi connectivity index (χ3n) is 4.18. The number of alkyl halides is 2. The lowest BCUT2D eigenvalue weighted by atomic mass is 10.2. The Morgan fingerprint density at radius 2 is 2.06 bits per heavy atom. The zero-order valence-corrected chi connectivity index (χ0v) is 18.1. The number of halogens is 3. The molecule has 0 aliphatic carbocycles. The number of methoxy groups -OCH3 is 1. The molecule has 1 fully saturated rings. The number of rotatable bonds is 8. The van der Waals surface area contributed by atoms with Crippen LogP contribution >= 0.6 is 23.4 Å². The quantitative estimate of drug-likeness (QED) is 0.450. The number of hydrogen-bond acceptors (Lipinski definition) is 7. The summed E-state index contributed by atoms with van der Waals surface area (Å²) in [7, 11) is 1.29. The van der Waals surface area contributed by atoms with Crippen molar-refractivity contribution in [2.45, 2.75) is 6.61 Å². The van der Waals surface area contributed by atoms with Crippen LogP contribution in [-0.4, -0.2) is 53.7 Å². The lowest BCUT2D eigenvalue weighted by molar-refractivity contribution is -0.122. The Hall–Kier alpha value is -3.18. The highest BCUT2D eigenvalue weighted by atomic mass is 35.5. The van der Waals surface area contributed by atoms with Gasteiger partial charge in [0.05, 0.1) is 12.0 Å². The van der Waals surface area contributed by atoms with E-state index in [-0.39, 0.29) is 34.6 Å².